The van der Waals surface area contributed by atoms with Crippen molar-refractivity contribution < 1.29 is 23.8 Å². The summed E-state index contributed by atoms with van der Waals surface area (Å²) in [6.45, 7) is 1.98. The first-order valence-electron chi connectivity index (χ1n) is 5.26. The summed E-state index contributed by atoms with van der Waals surface area (Å²) in [4.78, 5) is 10.6. The number of hydrogen-bond donors (Lipinski definition) is 1. The molecule has 0 atom stereocenters. The van der Waals surface area contributed by atoms with Crippen LogP contribution >= 0.6 is 11.8 Å². The maximum atomic E-state index is 10.6. The monoisotopic (exact) mass is 260 g/mol. The Hall–Kier alpha value is -0.980. The Morgan fingerprint density at radius 2 is 2.24 bits per heavy atom. The van der Waals surface area contributed by atoms with Gasteiger partial charge in [-0.3, -0.25) is 0 Å². The number of carbonyl (C=O) groups is 1. The highest BCUT2D eigenvalue weighted by molar-refractivity contribution is 7.99. The molecule has 0 saturated carbocycles. The number of carboxylic acid groups (broad SMARTS) is 1. The van der Waals surface area contributed by atoms with Crippen LogP contribution in [0.2, 0.25) is 0 Å². The van der Waals surface area contributed by atoms with E-state index in [1.165, 1.54) is 17.8 Å². The number of hydrogen-bond acceptors (Lipinski definition) is 5. The van der Waals surface area contributed by atoms with Gasteiger partial charge in [0.1, 0.15) is 0 Å². The minimum absolute atomic E-state index is 0.0338. The molecule has 0 fully saturated rings. The van der Waals surface area contributed by atoms with Gasteiger partial charge < -0.3 is 19.0 Å². The van der Waals surface area contributed by atoms with Crippen LogP contribution in [0.3, 0.4) is 0 Å². The lowest BCUT2D eigenvalue weighted by Crippen LogP contribution is -2.01. The standard InChI is InChI=1S/C11H16O5S/c1-14-5-2-6-15-7-8-17-10-4-3-9(16-10)11(12)13/h3-4H,2,5-8H2,1H3,(H,12,13). The maximum absolute atomic E-state index is 10.6. The summed E-state index contributed by atoms with van der Waals surface area (Å²) in [5.74, 6) is -0.347. The van der Waals surface area contributed by atoms with Gasteiger partial charge in [-0.25, -0.2) is 4.79 Å². The Balaban J connectivity index is 2.07. The van der Waals surface area contributed by atoms with E-state index in [1.807, 2.05) is 0 Å². The van der Waals surface area contributed by atoms with E-state index in [-0.39, 0.29) is 5.76 Å². The molecule has 0 aromatic carbocycles. The third-order valence-electron chi connectivity index (χ3n) is 1.90. The van der Waals surface area contributed by atoms with Gasteiger partial charge in [-0.1, -0.05) is 11.8 Å². The highest BCUT2D eigenvalue weighted by Gasteiger charge is 2.08. The Labute approximate surface area is 104 Å². The first-order valence-corrected chi connectivity index (χ1v) is 6.25. The fourth-order valence-corrected chi connectivity index (χ4v) is 1.84. The fourth-order valence-electron chi connectivity index (χ4n) is 1.12. The zero-order valence-corrected chi connectivity index (χ0v) is 10.5. The summed E-state index contributed by atoms with van der Waals surface area (Å²) in [6, 6.07) is 3.10. The van der Waals surface area contributed by atoms with Crippen LogP contribution in [-0.2, 0) is 9.47 Å². The van der Waals surface area contributed by atoms with Crippen molar-refractivity contribution in [2.45, 2.75) is 11.5 Å². The number of rotatable bonds is 9. The first-order chi connectivity index (χ1) is 8.24. The summed E-state index contributed by atoms with van der Waals surface area (Å²) in [6.07, 6.45) is 0.880. The lowest BCUT2D eigenvalue weighted by molar-refractivity contribution is 0.0656. The van der Waals surface area contributed by atoms with Gasteiger partial charge in [0.15, 0.2) is 5.09 Å². The van der Waals surface area contributed by atoms with E-state index < -0.39 is 5.97 Å². The summed E-state index contributed by atoms with van der Waals surface area (Å²) >= 11 is 1.44. The smallest absolute Gasteiger partial charge is 0.371 e. The molecule has 1 rings (SSSR count). The molecule has 5 nitrogen and oxygen atoms in total. The minimum atomic E-state index is -1.05. The van der Waals surface area contributed by atoms with E-state index in [2.05, 4.69) is 0 Å². The summed E-state index contributed by atoms with van der Waals surface area (Å²) < 4.78 is 15.3. The predicted octanol–water partition coefficient (Wildman–Crippen LogP) is 2.12. The number of furan rings is 1. The molecule has 6 heteroatoms. The molecule has 0 aliphatic carbocycles. The van der Waals surface area contributed by atoms with Gasteiger partial charge in [-0.2, -0.15) is 0 Å². The van der Waals surface area contributed by atoms with E-state index >= 15 is 0 Å². The van der Waals surface area contributed by atoms with Crippen molar-refractivity contribution in [2.24, 2.45) is 0 Å². The quantitative estimate of drug-likeness (QED) is 0.542. The van der Waals surface area contributed by atoms with Gasteiger partial charge in [-0.15, -0.1) is 0 Å². The van der Waals surface area contributed by atoms with Gasteiger partial charge in [0.05, 0.1) is 6.61 Å². The second-order valence-electron chi connectivity index (χ2n) is 3.23. The maximum Gasteiger partial charge on any atom is 0.371 e. The molecule has 17 heavy (non-hydrogen) atoms. The van der Waals surface area contributed by atoms with Crippen molar-refractivity contribution in [1.82, 2.24) is 0 Å². The van der Waals surface area contributed by atoms with Crippen LogP contribution in [0, 0.1) is 0 Å². The topological polar surface area (TPSA) is 68.9 Å². The number of thioether (sulfide) groups is 1. The molecule has 1 N–H and O–H groups in total. The zero-order valence-electron chi connectivity index (χ0n) is 9.68. The average Bonchev–Trinajstić information content (AvgIpc) is 2.77. The fraction of sp³-hybridized carbons (Fsp3) is 0.545. The van der Waals surface area contributed by atoms with Gasteiger partial charge in [-0.05, 0) is 18.6 Å². The molecule has 0 amide bonds. The second kappa shape index (κ2) is 8.16. The Kier molecular flexibility index (Phi) is 6.76. The number of carboxylic acids is 1. The highest BCUT2D eigenvalue weighted by Crippen LogP contribution is 2.20. The molecule has 1 aromatic rings. The molecule has 0 spiro atoms. The van der Waals surface area contributed by atoms with Crippen molar-refractivity contribution in [3.8, 4) is 0 Å². The van der Waals surface area contributed by atoms with E-state index in [0.717, 1.165) is 12.2 Å². The molecular formula is C11H16O5S. The summed E-state index contributed by atoms with van der Waals surface area (Å²) in [7, 11) is 1.66. The number of ether oxygens (including phenoxy) is 2. The van der Waals surface area contributed by atoms with Crippen LogP contribution in [-0.4, -0.2) is 43.8 Å². The Morgan fingerprint density at radius 3 is 2.88 bits per heavy atom. The van der Waals surface area contributed by atoms with Crippen molar-refractivity contribution >= 4 is 17.7 Å². The lowest BCUT2D eigenvalue weighted by Gasteiger charge is -2.02. The SMILES string of the molecule is COCCCOCCSc1ccc(C(=O)O)o1. The molecule has 1 aromatic heterocycles. The van der Waals surface area contributed by atoms with Gasteiger partial charge in [0.25, 0.3) is 0 Å². The zero-order chi connectivity index (χ0) is 12.5. The van der Waals surface area contributed by atoms with E-state index in [1.54, 1.807) is 13.2 Å². The summed E-state index contributed by atoms with van der Waals surface area (Å²) in [5, 5.41) is 9.25. The van der Waals surface area contributed by atoms with Crippen LogP contribution in [0.15, 0.2) is 21.6 Å². The molecule has 0 aliphatic rings. The molecule has 0 radical (unpaired) electrons. The van der Waals surface area contributed by atoms with Crippen molar-refractivity contribution in [2.75, 3.05) is 32.7 Å². The van der Waals surface area contributed by atoms with Crippen molar-refractivity contribution in [3.05, 3.63) is 17.9 Å². The minimum Gasteiger partial charge on any atom is -0.475 e. The average molecular weight is 260 g/mol. The van der Waals surface area contributed by atoms with Gasteiger partial charge in [0, 0.05) is 26.1 Å². The molecule has 96 valence electrons. The van der Waals surface area contributed by atoms with Crippen LogP contribution in [0.1, 0.15) is 17.0 Å². The van der Waals surface area contributed by atoms with E-state index in [4.69, 9.17) is 19.0 Å². The third-order valence-corrected chi connectivity index (χ3v) is 2.78. The second-order valence-corrected chi connectivity index (χ2v) is 4.33. The number of methoxy groups -OCH3 is 1. The van der Waals surface area contributed by atoms with Crippen LogP contribution in [0.4, 0.5) is 0 Å². The van der Waals surface area contributed by atoms with Crippen LogP contribution in [0.5, 0.6) is 0 Å². The molecular weight excluding hydrogens is 244 g/mol. The van der Waals surface area contributed by atoms with Crippen molar-refractivity contribution in [1.29, 1.82) is 0 Å². The molecule has 0 bridgehead atoms. The lowest BCUT2D eigenvalue weighted by atomic mass is 10.5. The molecule has 1 heterocycles. The van der Waals surface area contributed by atoms with Crippen LogP contribution in [0.25, 0.3) is 0 Å². The van der Waals surface area contributed by atoms with Gasteiger partial charge >= 0.3 is 5.97 Å². The van der Waals surface area contributed by atoms with Gasteiger partial charge in [0.2, 0.25) is 5.76 Å². The Bertz CT molecular complexity index is 336. The molecule has 0 unspecified atom stereocenters. The predicted molar refractivity (Wildman–Crippen MR) is 63.7 cm³/mol. The Morgan fingerprint density at radius 1 is 1.41 bits per heavy atom. The van der Waals surface area contributed by atoms with Crippen LogP contribution < -0.4 is 0 Å². The highest BCUT2D eigenvalue weighted by atomic mass is 32.2. The summed E-state index contributed by atoms with van der Waals surface area (Å²) in [5.41, 5.74) is 0. The van der Waals surface area contributed by atoms with E-state index in [0.29, 0.717) is 24.9 Å². The third kappa shape index (κ3) is 5.76. The molecule has 0 saturated heterocycles. The van der Waals surface area contributed by atoms with Crippen molar-refractivity contribution in [3.63, 3.8) is 0 Å². The first kappa shape index (κ1) is 14.1. The normalized spacial score (nSPS) is 10.6. The number of aromatic carboxylic acids is 1. The largest absolute Gasteiger partial charge is 0.475 e. The van der Waals surface area contributed by atoms with E-state index in [9.17, 15) is 4.79 Å². The molecule has 0 aliphatic heterocycles.